The molecule has 1 saturated heterocycles. The van der Waals surface area contributed by atoms with Gasteiger partial charge in [-0.2, -0.15) is 0 Å². The van der Waals surface area contributed by atoms with E-state index in [9.17, 15) is 4.79 Å². The minimum atomic E-state index is 0.0159. The van der Waals surface area contributed by atoms with Gasteiger partial charge in [-0.05, 0) is 12.8 Å². The first-order valence-electron chi connectivity index (χ1n) is 7.02. The van der Waals surface area contributed by atoms with Crippen LogP contribution in [0, 0.1) is 0 Å². The molecule has 0 unspecified atom stereocenters. The number of thiazole rings is 1. The van der Waals surface area contributed by atoms with Gasteiger partial charge in [0.25, 0.3) is 5.91 Å². The number of nitrogens with zero attached hydrogens (tertiary/aromatic N) is 4. The maximum atomic E-state index is 12.6. The molecular formula is C14H15N5OS. The second kappa shape index (κ2) is 5.00. The summed E-state index contributed by atoms with van der Waals surface area (Å²) in [6.45, 7) is 1.50. The van der Waals surface area contributed by atoms with Crippen molar-refractivity contribution >= 4 is 22.2 Å². The highest BCUT2D eigenvalue weighted by Gasteiger charge is 2.28. The van der Waals surface area contributed by atoms with Crippen LogP contribution in [-0.4, -0.2) is 43.2 Å². The Morgan fingerprint density at radius 2 is 2.43 bits per heavy atom. The van der Waals surface area contributed by atoms with Gasteiger partial charge in [0.2, 0.25) is 0 Å². The zero-order valence-corrected chi connectivity index (χ0v) is 12.2. The lowest BCUT2D eigenvalue weighted by atomic mass is 9.97. The standard InChI is InChI=1S/C14H15N5OS/c20-13(11-9-19-6-7-21-14(19)17-11)18-5-1-2-10(8-18)12-15-3-4-16-12/h3-4,6-7,9-10H,1-2,5,8H2,(H,15,16)/t10-/m0/s1. The van der Waals surface area contributed by atoms with Crippen LogP contribution in [0.3, 0.4) is 0 Å². The first-order chi connectivity index (χ1) is 10.3. The van der Waals surface area contributed by atoms with Gasteiger partial charge in [-0.3, -0.25) is 9.20 Å². The molecule has 1 fully saturated rings. The lowest BCUT2D eigenvalue weighted by Crippen LogP contribution is -2.39. The molecule has 6 nitrogen and oxygen atoms in total. The van der Waals surface area contributed by atoms with E-state index in [0.717, 1.165) is 30.2 Å². The number of carbonyl (C=O) groups excluding carboxylic acids is 1. The van der Waals surface area contributed by atoms with Gasteiger partial charge in [0.05, 0.1) is 0 Å². The number of fused-ring (bicyclic) bond motifs is 1. The van der Waals surface area contributed by atoms with E-state index in [1.807, 2.05) is 33.3 Å². The van der Waals surface area contributed by atoms with Crippen LogP contribution in [0.1, 0.15) is 35.1 Å². The number of piperidine rings is 1. The predicted molar refractivity (Wildman–Crippen MR) is 79.5 cm³/mol. The second-order valence-corrected chi connectivity index (χ2v) is 6.16. The zero-order chi connectivity index (χ0) is 14.2. The van der Waals surface area contributed by atoms with Gasteiger partial charge in [0, 0.05) is 49.2 Å². The average Bonchev–Trinajstić information content (AvgIpc) is 3.22. The largest absolute Gasteiger partial charge is 0.348 e. The molecule has 1 amide bonds. The van der Waals surface area contributed by atoms with E-state index in [1.54, 1.807) is 6.20 Å². The molecule has 0 aliphatic carbocycles. The highest BCUT2D eigenvalue weighted by Crippen LogP contribution is 2.25. The first-order valence-corrected chi connectivity index (χ1v) is 7.90. The topological polar surface area (TPSA) is 66.3 Å². The van der Waals surface area contributed by atoms with E-state index in [-0.39, 0.29) is 5.91 Å². The molecule has 0 aromatic carbocycles. The number of hydrogen-bond acceptors (Lipinski definition) is 4. The fourth-order valence-corrected chi connectivity index (χ4v) is 3.58. The third-order valence-corrected chi connectivity index (χ3v) is 4.70. The zero-order valence-electron chi connectivity index (χ0n) is 11.4. The Balaban J connectivity index is 1.55. The summed E-state index contributed by atoms with van der Waals surface area (Å²) in [4.78, 5) is 27.2. The molecule has 4 rings (SSSR count). The Labute approximate surface area is 125 Å². The first kappa shape index (κ1) is 12.6. The molecule has 108 valence electrons. The maximum Gasteiger partial charge on any atom is 0.274 e. The number of aromatic nitrogens is 4. The number of aromatic amines is 1. The molecule has 0 bridgehead atoms. The van der Waals surface area contributed by atoms with E-state index in [0.29, 0.717) is 18.2 Å². The van der Waals surface area contributed by atoms with Crippen LogP contribution in [0.15, 0.2) is 30.2 Å². The molecule has 0 saturated carbocycles. The molecule has 1 aliphatic rings. The Morgan fingerprint density at radius 1 is 1.48 bits per heavy atom. The normalized spacial score (nSPS) is 19.2. The summed E-state index contributed by atoms with van der Waals surface area (Å²) in [6.07, 6.45) is 9.39. The Hall–Kier alpha value is -2.15. The lowest BCUT2D eigenvalue weighted by Gasteiger charge is -2.31. The third kappa shape index (κ3) is 2.23. The van der Waals surface area contributed by atoms with Crippen molar-refractivity contribution in [1.29, 1.82) is 0 Å². The smallest absolute Gasteiger partial charge is 0.274 e. The van der Waals surface area contributed by atoms with Crippen LogP contribution < -0.4 is 0 Å². The Kier molecular flexibility index (Phi) is 2.99. The van der Waals surface area contributed by atoms with Crippen LogP contribution in [0.5, 0.6) is 0 Å². The van der Waals surface area contributed by atoms with Crippen LogP contribution in [0.2, 0.25) is 0 Å². The molecule has 3 aromatic rings. The second-order valence-electron chi connectivity index (χ2n) is 5.28. The molecule has 0 radical (unpaired) electrons. The lowest BCUT2D eigenvalue weighted by molar-refractivity contribution is 0.0699. The Morgan fingerprint density at radius 3 is 3.24 bits per heavy atom. The average molecular weight is 301 g/mol. The van der Waals surface area contributed by atoms with Gasteiger partial charge in [0.15, 0.2) is 4.96 Å². The van der Waals surface area contributed by atoms with Crippen molar-refractivity contribution in [3.05, 3.63) is 41.7 Å². The number of carbonyl (C=O) groups is 1. The van der Waals surface area contributed by atoms with Gasteiger partial charge in [-0.1, -0.05) is 0 Å². The minimum absolute atomic E-state index is 0.0159. The van der Waals surface area contributed by atoms with Crippen molar-refractivity contribution in [3.63, 3.8) is 0 Å². The monoisotopic (exact) mass is 301 g/mol. The SMILES string of the molecule is O=C(c1cn2ccsc2n1)N1CCC[C@H](c2ncc[nH]2)C1. The van der Waals surface area contributed by atoms with Crippen LogP contribution >= 0.6 is 11.3 Å². The number of amides is 1. The van der Waals surface area contributed by atoms with E-state index < -0.39 is 0 Å². The predicted octanol–water partition coefficient (Wildman–Crippen LogP) is 2.14. The highest BCUT2D eigenvalue weighted by molar-refractivity contribution is 7.15. The van der Waals surface area contributed by atoms with E-state index >= 15 is 0 Å². The van der Waals surface area contributed by atoms with Gasteiger partial charge in [-0.25, -0.2) is 9.97 Å². The van der Waals surface area contributed by atoms with E-state index in [1.165, 1.54) is 11.3 Å². The summed E-state index contributed by atoms with van der Waals surface area (Å²) in [7, 11) is 0. The number of nitrogens with one attached hydrogen (secondary N) is 1. The molecule has 4 heterocycles. The van der Waals surface area contributed by atoms with E-state index in [2.05, 4.69) is 15.0 Å². The number of imidazole rings is 2. The molecule has 1 atom stereocenters. The van der Waals surface area contributed by atoms with Crippen LogP contribution in [-0.2, 0) is 0 Å². The molecule has 21 heavy (non-hydrogen) atoms. The van der Waals surface area contributed by atoms with Crippen LogP contribution in [0.25, 0.3) is 4.96 Å². The number of rotatable bonds is 2. The minimum Gasteiger partial charge on any atom is -0.348 e. The molecular weight excluding hydrogens is 286 g/mol. The van der Waals surface area contributed by atoms with Crippen molar-refractivity contribution in [2.24, 2.45) is 0 Å². The summed E-state index contributed by atoms with van der Waals surface area (Å²) < 4.78 is 1.89. The summed E-state index contributed by atoms with van der Waals surface area (Å²) in [5.74, 6) is 1.28. The van der Waals surface area contributed by atoms with Gasteiger partial charge in [-0.15, -0.1) is 11.3 Å². The van der Waals surface area contributed by atoms with Crippen molar-refractivity contribution < 1.29 is 4.79 Å². The van der Waals surface area contributed by atoms with Crippen molar-refractivity contribution in [1.82, 2.24) is 24.3 Å². The fourth-order valence-electron chi connectivity index (χ4n) is 2.88. The summed E-state index contributed by atoms with van der Waals surface area (Å²) in [5, 5.41) is 1.96. The number of hydrogen-bond donors (Lipinski definition) is 1. The van der Waals surface area contributed by atoms with Gasteiger partial charge < -0.3 is 9.88 Å². The van der Waals surface area contributed by atoms with Gasteiger partial charge in [0.1, 0.15) is 11.5 Å². The van der Waals surface area contributed by atoms with Gasteiger partial charge >= 0.3 is 0 Å². The maximum absolute atomic E-state index is 12.6. The highest BCUT2D eigenvalue weighted by atomic mass is 32.1. The Bertz CT molecular complexity index is 731. The summed E-state index contributed by atoms with van der Waals surface area (Å²) in [6, 6.07) is 0. The van der Waals surface area contributed by atoms with Crippen molar-refractivity contribution in [3.8, 4) is 0 Å². The summed E-state index contributed by atoms with van der Waals surface area (Å²) in [5.41, 5.74) is 0.530. The molecule has 3 aromatic heterocycles. The molecule has 0 spiro atoms. The number of likely N-dealkylation sites (tertiary alicyclic amines) is 1. The molecule has 1 N–H and O–H groups in total. The summed E-state index contributed by atoms with van der Waals surface area (Å²) >= 11 is 1.54. The molecule has 1 aliphatic heterocycles. The van der Waals surface area contributed by atoms with E-state index in [4.69, 9.17) is 0 Å². The number of H-pyrrole nitrogens is 1. The van der Waals surface area contributed by atoms with Crippen molar-refractivity contribution in [2.45, 2.75) is 18.8 Å². The third-order valence-electron chi connectivity index (χ3n) is 3.93. The van der Waals surface area contributed by atoms with Crippen molar-refractivity contribution in [2.75, 3.05) is 13.1 Å². The van der Waals surface area contributed by atoms with Crippen LogP contribution in [0.4, 0.5) is 0 Å². The fraction of sp³-hybridized carbons (Fsp3) is 0.357. The molecule has 7 heteroatoms. The quantitative estimate of drug-likeness (QED) is 0.788.